The number of hydrogen-bond acceptors (Lipinski definition) is 9. The number of hydrogen-bond donors (Lipinski definition) is 1. The molecule has 3 atom stereocenters. The number of ether oxygens (including phenoxy) is 5. The third-order valence-corrected chi connectivity index (χ3v) is 8.78. The summed E-state index contributed by atoms with van der Waals surface area (Å²) in [5.41, 5.74) is -0.363. The number of methoxy groups -OCH3 is 3. The number of nitrogens with zero attached hydrogens (tertiary/aromatic N) is 2. The van der Waals surface area contributed by atoms with Gasteiger partial charge < -0.3 is 33.6 Å². The van der Waals surface area contributed by atoms with Gasteiger partial charge in [-0.1, -0.05) is 24.6 Å². The number of rotatable bonds is 7. The average Bonchev–Trinajstić information content (AvgIpc) is 3.55. The first-order chi connectivity index (χ1) is 20.6. The summed E-state index contributed by atoms with van der Waals surface area (Å²) < 4.78 is 30.6. The van der Waals surface area contributed by atoms with Gasteiger partial charge in [0, 0.05) is 55.0 Å². The summed E-state index contributed by atoms with van der Waals surface area (Å²) in [6, 6.07) is 6.77. The van der Waals surface area contributed by atoms with E-state index in [0.717, 1.165) is 5.82 Å². The van der Waals surface area contributed by atoms with Crippen LogP contribution in [0.25, 0.3) is 0 Å². The van der Waals surface area contributed by atoms with E-state index < -0.39 is 29.0 Å². The van der Waals surface area contributed by atoms with Crippen molar-refractivity contribution >= 4 is 29.1 Å². The molecule has 1 N–H and O–H groups in total. The number of benzene rings is 2. The van der Waals surface area contributed by atoms with Gasteiger partial charge in [-0.2, -0.15) is 0 Å². The van der Waals surface area contributed by atoms with Crippen molar-refractivity contribution in [2.45, 2.75) is 37.9 Å². The van der Waals surface area contributed by atoms with Crippen molar-refractivity contribution in [3.05, 3.63) is 69.9 Å². The number of halogens is 1. The lowest BCUT2D eigenvalue weighted by Gasteiger charge is -2.41. The minimum atomic E-state index is -1.89. The minimum Gasteiger partial charge on any atom is -0.496 e. The number of carbonyl (C=O) groups excluding carboxylic acids is 3. The fourth-order valence-corrected chi connectivity index (χ4v) is 6.44. The number of ketones is 2. The van der Waals surface area contributed by atoms with E-state index >= 15 is 0 Å². The Balaban J connectivity index is 1.39. The largest absolute Gasteiger partial charge is 0.496 e. The molecule has 3 heterocycles. The zero-order valence-corrected chi connectivity index (χ0v) is 25.0. The molecule has 1 aliphatic carbocycles. The number of fused-ring (bicyclic) bond motifs is 1. The molecule has 3 aromatic rings. The molecule has 0 saturated heterocycles. The zero-order chi connectivity index (χ0) is 30.6. The van der Waals surface area contributed by atoms with Crippen LogP contribution in [0.15, 0.2) is 47.9 Å². The van der Waals surface area contributed by atoms with E-state index in [0.29, 0.717) is 28.3 Å². The van der Waals surface area contributed by atoms with Crippen molar-refractivity contribution in [1.29, 1.82) is 0 Å². The van der Waals surface area contributed by atoms with Gasteiger partial charge in [-0.05, 0) is 24.1 Å². The van der Waals surface area contributed by atoms with Gasteiger partial charge in [0.1, 0.15) is 34.5 Å². The Morgan fingerprint density at radius 3 is 2.44 bits per heavy atom. The topological polar surface area (TPSA) is 127 Å². The molecular weight excluding hydrogens is 578 g/mol. The summed E-state index contributed by atoms with van der Waals surface area (Å²) in [6.07, 6.45) is 3.73. The van der Waals surface area contributed by atoms with Crippen molar-refractivity contribution in [2.75, 3.05) is 21.3 Å². The van der Waals surface area contributed by atoms with Crippen molar-refractivity contribution < 1.29 is 38.1 Å². The molecule has 0 unspecified atom stereocenters. The van der Waals surface area contributed by atoms with Crippen LogP contribution in [0.3, 0.4) is 0 Å². The molecule has 1 aromatic heterocycles. The monoisotopic (exact) mass is 607 g/mol. The highest BCUT2D eigenvalue weighted by Crippen LogP contribution is 2.55. The Hall–Kier alpha value is -4.51. The van der Waals surface area contributed by atoms with E-state index in [-0.39, 0.29) is 53.2 Å². The second kappa shape index (κ2) is 10.6. The standard InChI is InChI=1S/C31H30ClN3O8/c1-15-10-18-25(29(37)31(15)30(38)26-21(40-4)13-22(41-5)27(32)28(26)43-31)17(12-24(36)34-18)16-6-7-19(20(11-16)39-3)42-14-23-33-8-9-35(23)2/h6-9,11,13,15,17H,10,12,14H2,1-5H3,(H,34,36)/t15-,17+,31+/m1/s1. The first-order valence-corrected chi connectivity index (χ1v) is 14.0. The van der Waals surface area contributed by atoms with Crippen molar-refractivity contribution in [2.24, 2.45) is 13.0 Å². The average molecular weight is 608 g/mol. The summed E-state index contributed by atoms with van der Waals surface area (Å²) in [7, 11) is 6.24. The predicted octanol–water partition coefficient (Wildman–Crippen LogP) is 4.16. The molecule has 11 nitrogen and oxygen atoms in total. The number of allylic oxidation sites excluding steroid dienone is 1. The van der Waals surface area contributed by atoms with Gasteiger partial charge in [-0.15, -0.1) is 0 Å². The molecule has 6 rings (SSSR count). The van der Waals surface area contributed by atoms with Gasteiger partial charge in [0.05, 0.1) is 21.3 Å². The summed E-state index contributed by atoms with van der Waals surface area (Å²) in [6.45, 7) is 1.96. The second-order valence-electron chi connectivity index (χ2n) is 10.8. The highest BCUT2D eigenvalue weighted by Gasteiger charge is 2.63. The van der Waals surface area contributed by atoms with Gasteiger partial charge >= 0.3 is 0 Å². The fourth-order valence-electron chi connectivity index (χ4n) is 6.17. The Kier molecular flexibility index (Phi) is 7.08. The molecule has 0 bridgehead atoms. The second-order valence-corrected chi connectivity index (χ2v) is 11.1. The number of carbonyl (C=O) groups is 3. The van der Waals surface area contributed by atoms with Crippen LogP contribution >= 0.6 is 11.6 Å². The van der Waals surface area contributed by atoms with E-state index in [1.807, 2.05) is 17.8 Å². The SMILES string of the molecule is COc1cc([C@@H]2CC(=O)NC3=C2C(=O)[C@@]2(Oc4c(Cl)c(OC)cc(OC)c4C2=O)[C@H](C)C3)ccc1OCc1nccn1C. The van der Waals surface area contributed by atoms with Crippen molar-refractivity contribution in [3.8, 4) is 28.7 Å². The van der Waals surface area contributed by atoms with Gasteiger partial charge in [-0.25, -0.2) is 4.98 Å². The highest BCUT2D eigenvalue weighted by molar-refractivity contribution is 6.36. The molecule has 0 radical (unpaired) electrons. The van der Waals surface area contributed by atoms with E-state index in [4.69, 9.17) is 35.3 Å². The maximum Gasteiger partial charge on any atom is 0.236 e. The third kappa shape index (κ3) is 4.32. The fraction of sp³-hybridized carbons (Fsp3) is 0.355. The summed E-state index contributed by atoms with van der Waals surface area (Å²) in [4.78, 5) is 45.9. The number of aryl methyl sites for hydroxylation is 1. The van der Waals surface area contributed by atoms with Crippen LogP contribution in [0.2, 0.25) is 5.02 Å². The number of nitrogens with one attached hydrogen (secondary N) is 1. The third-order valence-electron chi connectivity index (χ3n) is 8.43. The number of imidazole rings is 1. The molecule has 0 fully saturated rings. The summed E-state index contributed by atoms with van der Waals surface area (Å²) in [5.74, 6) is -0.475. The maximum absolute atomic E-state index is 14.6. The first-order valence-electron chi connectivity index (χ1n) is 13.7. The number of aromatic nitrogens is 2. The van der Waals surface area contributed by atoms with Crippen molar-refractivity contribution in [1.82, 2.24) is 14.9 Å². The van der Waals surface area contributed by atoms with Crippen LogP contribution in [0, 0.1) is 5.92 Å². The zero-order valence-electron chi connectivity index (χ0n) is 24.3. The Morgan fingerprint density at radius 1 is 1.02 bits per heavy atom. The molecule has 1 amide bonds. The maximum atomic E-state index is 14.6. The lowest BCUT2D eigenvalue weighted by Crippen LogP contribution is -2.59. The molecule has 2 aliphatic heterocycles. The molecule has 43 heavy (non-hydrogen) atoms. The van der Waals surface area contributed by atoms with Gasteiger partial charge in [0.25, 0.3) is 0 Å². The van der Waals surface area contributed by atoms with Crippen LogP contribution in [0.5, 0.6) is 28.7 Å². The Labute approximate surface area is 252 Å². The number of amides is 1. The Morgan fingerprint density at radius 2 is 1.77 bits per heavy atom. The van der Waals surface area contributed by atoms with Crippen LogP contribution in [-0.2, 0) is 23.2 Å². The van der Waals surface area contributed by atoms with Gasteiger partial charge in [-0.3, -0.25) is 14.4 Å². The highest BCUT2D eigenvalue weighted by atomic mass is 35.5. The lowest BCUT2D eigenvalue weighted by atomic mass is 9.66. The smallest absolute Gasteiger partial charge is 0.236 e. The summed E-state index contributed by atoms with van der Waals surface area (Å²) in [5, 5.41) is 2.94. The molecule has 224 valence electrons. The van der Waals surface area contributed by atoms with Gasteiger partial charge in [0.15, 0.2) is 17.2 Å². The van der Waals surface area contributed by atoms with Crippen molar-refractivity contribution in [3.63, 3.8) is 0 Å². The predicted molar refractivity (Wildman–Crippen MR) is 154 cm³/mol. The number of Topliss-reactive ketones (excluding diaryl/α,β-unsaturated/α-hetero) is 2. The normalized spacial score (nSPS) is 22.6. The lowest BCUT2D eigenvalue weighted by molar-refractivity contribution is -0.131. The molecule has 1 spiro atoms. The molecule has 2 aromatic carbocycles. The van der Waals surface area contributed by atoms with E-state index in [1.165, 1.54) is 27.4 Å². The molecule has 3 aliphatic rings. The molecule has 12 heteroatoms. The molecule has 0 saturated carbocycles. The quantitative estimate of drug-likeness (QED) is 0.394. The summed E-state index contributed by atoms with van der Waals surface area (Å²) >= 11 is 6.57. The van der Waals surface area contributed by atoms with E-state index in [9.17, 15) is 14.4 Å². The van der Waals surface area contributed by atoms with E-state index in [1.54, 1.807) is 31.3 Å². The van der Waals surface area contributed by atoms with Crippen LogP contribution < -0.4 is 29.0 Å². The first kappa shape index (κ1) is 28.6. The molecular formula is C31H30ClN3O8. The minimum absolute atomic E-state index is 0.00922. The van der Waals surface area contributed by atoms with Crippen LogP contribution in [0.4, 0.5) is 0 Å². The van der Waals surface area contributed by atoms with Gasteiger partial charge in [0.2, 0.25) is 23.1 Å². The van der Waals surface area contributed by atoms with E-state index in [2.05, 4.69) is 10.3 Å². The van der Waals surface area contributed by atoms with Crippen LogP contribution in [-0.4, -0.2) is 54.0 Å². The van der Waals surface area contributed by atoms with Crippen LogP contribution in [0.1, 0.15) is 47.4 Å². The Bertz CT molecular complexity index is 1710.